The van der Waals surface area contributed by atoms with Crippen LogP contribution in [0.15, 0.2) is 47.6 Å². The van der Waals surface area contributed by atoms with Gasteiger partial charge in [0.1, 0.15) is 11.5 Å². The molecule has 0 fully saturated rings. The first-order valence-electron chi connectivity index (χ1n) is 11.8. The minimum Gasteiger partial charge on any atom is -0.495 e. The summed E-state index contributed by atoms with van der Waals surface area (Å²) in [6.07, 6.45) is 0. The maximum absolute atomic E-state index is 12.5. The fraction of sp³-hybridized carbons (Fsp3) is 0.385. The minimum absolute atomic E-state index is 0.0918. The van der Waals surface area contributed by atoms with E-state index in [9.17, 15) is 9.59 Å². The van der Waals surface area contributed by atoms with Crippen LogP contribution in [0, 0.1) is 6.92 Å². The average molecular weight is 512 g/mol. The van der Waals surface area contributed by atoms with E-state index in [0.29, 0.717) is 40.6 Å². The number of methoxy groups -OCH3 is 1. The predicted octanol–water partition coefficient (Wildman–Crippen LogP) is 4.16. The highest BCUT2D eigenvalue weighted by Crippen LogP contribution is 2.26. The van der Waals surface area contributed by atoms with E-state index in [-0.39, 0.29) is 30.7 Å². The van der Waals surface area contributed by atoms with Gasteiger partial charge in [0.2, 0.25) is 5.91 Å². The zero-order chi connectivity index (χ0) is 26.1. The van der Waals surface area contributed by atoms with Crippen molar-refractivity contribution in [2.75, 3.05) is 24.8 Å². The molecular formula is C26H33N5O4S. The van der Waals surface area contributed by atoms with E-state index in [4.69, 9.17) is 9.47 Å². The van der Waals surface area contributed by atoms with Crippen LogP contribution in [-0.4, -0.2) is 46.0 Å². The molecule has 0 saturated carbocycles. The fourth-order valence-corrected chi connectivity index (χ4v) is 4.26. The van der Waals surface area contributed by atoms with Gasteiger partial charge in [0.05, 0.1) is 25.1 Å². The van der Waals surface area contributed by atoms with Crippen LogP contribution < -0.4 is 20.1 Å². The van der Waals surface area contributed by atoms with Gasteiger partial charge in [-0.25, -0.2) is 0 Å². The van der Waals surface area contributed by atoms with Gasteiger partial charge in [0, 0.05) is 6.54 Å². The lowest BCUT2D eigenvalue weighted by molar-refractivity contribution is -0.123. The molecule has 9 nitrogen and oxygen atoms in total. The molecule has 2 amide bonds. The number of thioether (sulfide) groups is 1. The summed E-state index contributed by atoms with van der Waals surface area (Å²) in [5, 5.41) is 14.7. The number of ether oxygens (including phenoxy) is 2. The lowest BCUT2D eigenvalue weighted by Crippen LogP contribution is -2.29. The fourth-order valence-electron chi connectivity index (χ4n) is 3.44. The molecule has 2 N–H and O–H groups in total. The second-order valence-electron chi connectivity index (χ2n) is 8.47. The molecule has 0 aliphatic heterocycles. The van der Waals surface area contributed by atoms with Crippen LogP contribution in [0.3, 0.4) is 0 Å². The number of aryl methyl sites for hydroxylation is 1. The van der Waals surface area contributed by atoms with E-state index in [0.717, 1.165) is 5.56 Å². The van der Waals surface area contributed by atoms with E-state index in [1.54, 1.807) is 7.11 Å². The van der Waals surface area contributed by atoms with Crippen LogP contribution in [-0.2, 0) is 22.7 Å². The highest BCUT2D eigenvalue weighted by Gasteiger charge is 2.15. The standard InChI is InChI=1S/C26H33N5O4S/c1-6-31-23(14-27-24(32)15-35-20-10-8-19(9-11-20)17(2)3)29-30-26(31)36-16-25(33)28-21-13-18(4)7-12-22(21)34-5/h7-13,17H,6,14-16H2,1-5H3,(H,27,32)(H,28,33). The SMILES string of the molecule is CCn1c(CNC(=O)COc2ccc(C(C)C)cc2)nnc1SCC(=O)Nc1cc(C)ccc1OC. The molecule has 0 aliphatic rings. The van der Waals surface area contributed by atoms with E-state index in [1.165, 1.54) is 17.3 Å². The Hall–Kier alpha value is -3.53. The number of anilines is 1. The Labute approximate surface area is 216 Å². The third kappa shape index (κ3) is 7.48. The summed E-state index contributed by atoms with van der Waals surface area (Å²) in [5.41, 5.74) is 2.86. The van der Waals surface area contributed by atoms with Crippen LogP contribution in [0.25, 0.3) is 0 Å². The van der Waals surface area contributed by atoms with Gasteiger partial charge >= 0.3 is 0 Å². The smallest absolute Gasteiger partial charge is 0.258 e. The van der Waals surface area contributed by atoms with Crippen LogP contribution in [0.5, 0.6) is 11.5 Å². The second kappa shape index (κ2) is 13.0. The number of carbonyl (C=O) groups is 2. The molecule has 10 heteroatoms. The summed E-state index contributed by atoms with van der Waals surface area (Å²) < 4.78 is 12.8. The van der Waals surface area contributed by atoms with Crippen LogP contribution in [0.1, 0.15) is 43.6 Å². The molecule has 0 spiro atoms. The number of carbonyl (C=O) groups excluding carboxylic acids is 2. The van der Waals surface area contributed by atoms with E-state index in [1.807, 2.05) is 60.9 Å². The molecule has 0 radical (unpaired) electrons. The maximum atomic E-state index is 12.5. The van der Waals surface area contributed by atoms with Gasteiger partial charge < -0.3 is 24.7 Å². The molecule has 0 saturated heterocycles. The molecule has 0 unspecified atom stereocenters. The number of aromatic nitrogens is 3. The molecular weight excluding hydrogens is 478 g/mol. The molecule has 3 aromatic rings. The Morgan fingerprint density at radius 3 is 2.50 bits per heavy atom. The number of nitrogens with zero attached hydrogens (tertiary/aromatic N) is 3. The number of amides is 2. The van der Waals surface area contributed by atoms with Crippen molar-refractivity contribution in [2.45, 2.75) is 51.9 Å². The topological polar surface area (TPSA) is 107 Å². The van der Waals surface area contributed by atoms with Gasteiger partial charge in [-0.05, 0) is 55.2 Å². The van der Waals surface area contributed by atoms with Gasteiger partial charge in [-0.1, -0.05) is 43.8 Å². The first-order valence-corrected chi connectivity index (χ1v) is 12.8. The Kier molecular flexibility index (Phi) is 9.75. The third-order valence-corrected chi connectivity index (χ3v) is 6.40. The number of hydrogen-bond acceptors (Lipinski definition) is 7. The second-order valence-corrected chi connectivity index (χ2v) is 9.42. The quantitative estimate of drug-likeness (QED) is 0.352. The average Bonchev–Trinajstić information content (AvgIpc) is 3.27. The van der Waals surface area contributed by atoms with Crippen molar-refractivity contribution >= 4 is 29.3 Å². The van der Waals surface area contributed by atoms with Crippen molar-refractivity contribution in [3.05, 3.63) is 59.4 Å². The monoisotopic (exact) mass is 511 g/mol. The number of rotatable bonds is 12. The summed E-state index contributed by atoms with van der Waals surface area (Å²) in [5.74, 6) is 2.02. The molecule has 0 atom stereocenters. The van der Waals surface area contributed by atoms with E-state index >= 15 is 0 Å². The Morgan fingerprint density at radius 1 is 1.08 bits per heavy atom. The van der Waals surface area contributed by atoms with Crippen molar-refractivity contribution in [1.29, 1.82) is 0 Å². The van der Waals surface area contributed by atoms with Crippen LogP contribution >= 0.6 is 11.8 Å². The van der Waals surface area contributed by atoms with Gasteiger partial charge in [0.15, 0.2) is 17.6 Å². The highest BCUT2D eigenvalue weighted by molar-refractivity contribution is 7.99. The molecule has 0 bridgehead atoms. The summed E-state index contributed by atoms with van der Waals surface area (Å²) >= 11 is 1.28. The maximum Gasteiger partial charge on any atom is 0.258 e. The normalized spacial score (nSPS) is 10.8. The third-order valence-electron chi connectivity index (χ3n) is 5.43. The first kappa shape index (κ1) is 27.1. The predicted molar refractivity (Wildman–Crippen MR) is 141 cm³/mol. The van der Waals surface area contributed by atoms with E-state index in [2.05, 4.69) is 34.7 Å². The molecule has 1 aromatic heterocycles. The Bertz CT molecular complexity index is 1180. The van der Waals surface area contributed by atoms with Crippen molar-refractivity contribution in [3.8, 4) is 11.5 Å². The van der Waals surface area contributed by atoms with Crippen molar-refractivity contribution in [1.82, 2.24) is 20.1 Å². The van der Waals surface area contributed by atoms with Gasteiger partial charge in [-0.15, -0.1) is 10.2 Å². The number of benzene rings is 2. The van der Waals surface area contributed by atoms with Crippen molar-refractivity contribution in [3.63, 3.8) is 0 Å². The minimum atomic E-state index is -0.255. The Balaban J connectivity index is 1.49. The molecule has 2 aromatic carbocycles. The summed E-state index contributed by atoms with van der Waals surface area (Å²) in [6, 6.07) is 13.3. The zero-order valence-electron chi connectivity index (χ0n) is 21.3. The lowest BCUT2D eigenvalue weighted by atomic mass is 10.0. The molecule has 192 valence electrons. The number of hydrogen-bond donors (Lipinski definition) is 2. The number of nitrogens with one attached hydrogen (secondary N) is 2. The van der Waals surface area contributed by atoms with Crippen molar-refractivity contribution in [2.24, 2.45) is 0 Å². The zero-order valence-corrected chi connectivity index (χ0v) is 22.1. The molecule has 36 heavy (non-hydrogen) atoms. The van der Waals surface area contributed by atoms with E-state index < -0.39 is 0 Å². The highest BCUT2D eigenvalue weighted by atomic mass is 32.2. The summed E-state index contributed by atoms with van der Waals surface area (Å²) in [7, 11) is 1.56. The van der Waals surface area contributed by atoms with Crippen LogP contribution in [0.2, 0.25) is 0 Å². The largest absolute Gasteiger partial charge is 0.495 e. The van der Waals surface area contributed by atoms with Gasteiger partial charge in [-0.2, -0.15) is 0 Å². The molecule has 3 rings (SSSR count). The lowest BCUT2D eigenvalue weighted by Gasteiger charge is -2.11. The van der Waals surface area contributed by atoms with Gasteiger partial charge in [-0.3, -0.25) is 9.59 Å². The van der Waals surface area contributed by atoms with Crippen LogP contribution in [0.4, 0.5) is 5.69 Å². The Morgan fingerprint density at radius 2 is 1.83 bits per heavy atom. The first-order chi connectivity index (χ1) is 17.3. The van der Waals surface area contributed by atoms with Crippen molar-refractivity contribution < 1.29 is 19.1 Å². The molecule has 1 heterocycles. The van der Waals surface area contributed by atoms with Gasteiger partial charge in [0.25, 0.3) is 5.91 Å². The summed E-state index contributed by atoms with van der Waals surface area (Å²) in [6.45, 7) is 8.88. The molecule has 0 aliphatic carbocycles. The summed E-state index contributed by atoms with van der Waals surface area (Å²) in [4.78, 5) is 24.8.